The maximum atomic E-state index is 12.1. The van der Waals surface area contributed by atoms with E-state index < -0.39 is 0 Å². The molecule has 0 saturated heterocycles. The third-order valence-electron chi connectivity index (χ3n) is 3.55. The first-order valence-electron chi connectivity index (χ1n) is 7.43. The molecule has 0 aromatic heterocycles. The third kappa shape index (κ3) is 4.90. The lowest BCUT2D eigenvalue weighted by molar-refractivity contribution is -0.116. The minimum atomic E-state index is 0.00797. The lowest BCUT2D eigenvalue weighted by Crippen LogP contribution is -2.24. The summed E-state index contributed by atoms with van der Waals surface area (Å²) in [7, 11) is 2.02. The summed E-state index contributed by atoms with van der Waals surface area (Å²) in [6.07, 6.45) is 0.456. The Bertz CT molecular complexity index is 625. The maximum absolute atomic E-state index is 12.1. The maximum Gasteiger partial charge on any atom is 0.225 e. The second-order valence-electron chi connectivity index (χ2n) is 5.60. The molecule has 0 aliphatic rings. The van der Waals surface area contributed by atoms with E-state index in [1.54, 1.807) is 6.07 Å². The van der Waals surface area contributed by atoms with Gasteiger partial charge in [-0.1, -0.05) is 36.4 Å². The number of amides is 1. The van der Waals surface area contributed by atoms with Crippen LogP contribution in [0.5, 0.6) is 0 Å². The molecule has 2 aromatic carbocycles. The van der Waals surface area contributed by atoms with E-state index in [1.165, 1.54) is 5.56 Å². The van der Waals surface area contributed by atoms with E-state index in [0.29, 0.717) is 18.7 Å². The number of carbonyl (C=O) groups is 1. The zero-order chi connectivity index (χ0) is 15.9. The second-order valence-corrected chi connectivity index (χ2v) is 5.60. The summed E-state index contributed by atoms with van der Waals surface area (Å²) in [4.78, 5) is 14.2. The van der Waals surface area contributed by atoms with Crippen molar-refractivity contribution >= 4 is 17.3 Å². The van der Waals surface area contributed by atoms with Gasteiger partial charge in [-0.2, -0.15) is 0 Å². The van der Waals surface area contributed by atoms with E-state index >= 15 is 0 Å². The molecule has 1 amide bonds. The van der Waals surface area contributed by atoms with Crippen LogP contribution in [-0.2, 0) is 11.3 Å². The SMILES string of the molecule is Cc1ccc(N)cc1NC(=O)CCN(C)Cc1ccccc1. The van der Waals surface area contributed by atoms with Crippen LogP contribution < -0.4 is 11.1 Å². The molecule has 4 heteroatoms. The molecule has 2 rings (SSSR count). The van der Waals surface area contributed by atoms with Gasteiger partial charge >= 0.3 is 0 Å². The van der Waals surface area contributed by atoms with Gasteiger partial charge in [-0.25, -0.2) is 0 Å². The lowest BCUT2D eigenvalue weighted by Gasteiger charge is -2.16. The van der Waals surface area contributed by atoms with Gasteiger partial charge in [-0.15, -0.1) is 0 Å². The molecule has 3 N–H and O–H groups in total. The molecule has 4 nitrogen and oxygen atoms in total. The highest BCUT2D eigenvalue weighted by Crippen LogP contribution is 2.18. The Kier molecular flexibility index (Phi) is 5.55. The Morgan fingerprint density at radius 2 is 1.91 bits per heavy atom. The highest BCUT2D eigenvalue weighted by atomic mass is 16.1. The van der Waals surface area contributed by atoms with E-state index in [4.69, 9.17) is 5.73 Å². The van der Waals surface area contributed by atoms with Crippen molar-refractivity contribution in [2.75, 3.05) is 24.6 Å². The summed E-state index contributed by atoms with van der Waals surface area (Å²) >= 11 is 0. The van der Waals surface area contributed by atoms with Gasteiger partial charge in [0.2, 0.25) is 5.91 Å². The summed E-state index contributed by atoms with van der Waals surface area (Å²) in [5.74, 6) is 0.00797. The molecule has 0 aliphatic carbocycles. The van der Waals surface area contributed by atoms with Crippen LogP contribution in [0, 0.1) is 6.92 Å². The van der Waals surface area contributed by atoms with Crippen molar-refractivity contribution < 1.29 is 4.79 Å². The molecule has 0 unspecified atom stereocenters. The Hall–Kier alpha value is -2.33. The van der Waals surface area contributed by atoms with E-state index in [9.17, 15) is 4.79 Å². The monoisotopic (exact) mass is 297 g/mol. The van der Waals surface area contributed by atoms with Crippen molar-refractivity contribution in [2.45, 2.75) is 19.9 Å². The fraction of sp³-hybridized carbons (Fsp3) is 0.278. The molecule has 116 valence electrons. The predicted molar refractivity (Wildman–Crippen MR) is 91.6 cm³/mol. The van der Waals surface area contributed by atoms with Gasteiger partial charge in [0.25, 0.3) is 0 Å². The lowest BCUT2D eigenvalue weighted by atomic mass is 10.1. The number of nitrogens with two attached hydrogens (primary N) is 1. The average Bonchev–Trinajstić information content (AvgIpc) is 2.50. The molecule has 0 radical (unpaired) electrons. The minimum Gasteiger partial charge on any atom is -0.399 e. The van der Waals surface area contributed by atoms with Crippen LogP contribution in [0.2, 0.25) is 0 Å². The van der Waals surface area contributed by atoms with Gasteiger partial charge in [0.1, 0.15) is 0 Å². The summed E-state index contributed by atoms with van der Waals surface area (Å²) in [5.41, 5.74) is 9.46. The smallest absolute Gasteiger partial charge is 0.225 e. The molecule has 0 saturated carbocycles. The van der Waals surface area contributed by atoms with Crippen LogP contribution in [0.25, 0.3) is 0 Å². The van der Waals surface area contributed by atoms with Crippen molar-refractivity contribution in [3.05, 3.63) is 59.7 Å². The first-order chi connectivity index (χ1) is 10.5. The molecule has 0 atom stereocenters. The van der Waals surface area contributed by atoms with Crippen LogP contribution in [0.4, 0.5) is 11.4 Å². The summed E-state index contributed by atoms with van der Waals surface area (Å²) in [6, 6.07) is 15.8. The average molecular weight is 297 g/mol. The molecule has 0 aliphatic heterocycles. The van der Waals surface area contributed by atoms with Crippen molar-refractivity contribution in [3.63, 3.8) is 0 Å². The van der Waals surface area contributed by atoms with Crippen molar-refractivity contribution in [3.8, 4) is 0 Å². The van der Waals surface area contributed by atoms with Crippen LogP contribution in [0.3, 0.4) is 0 Å². The summed E-state index contributed by atoms with van der Waals surface area (Å²) in [5, 5.41) is 2.92. The second kappa shape index (κ2) is 7.61. The zero-order valence-electron chi connectivity index (χ0n) is 13.2. The predicted octanol–water partition coefficient (Wildman–Crippen LogP) is 3.04. The van der Waals surface area contributed by atoms with Gasteiger partial charge in [0.15, 0.2) is 0 Å². The third-order valence-corrected chi connectivity index (χ3v) is 3.55. The first kappa shape index (κ1) is 16.0. The zero-order valence-corrected chi connectivity index (χ0v) is 13.2. The summed E-state index contributed by atoms with van der Waals surface area (Å²) < 4.78 is 0. The molecule has 2 aromatic rings. The molecule has 0 bridgehead atoms. The number of nitrogens with zero attached hydrogens (tertiary/aromatic N) is 1. The number of hydrogen-bond acceptors (Lipinski definition) is 3. The van der Waals surface area contributed by atoms with Crippen molar-refractivity contribution in [2.24, 2.45) is 0 Å². The minimum absolute atomic E-state index is 0.00797. The van der Waals surface area contributed by atoms with E-state index in [1.807, 2.05) is 44.3 Å². The van der Waals surface area contributed by atoms with E-state index in [2.05, 4.69) is 22.3 Å². The Morgan fingerprint density at radius 3 is 2.64 bits per heavy atom. The van der Waals surface area contributed by atoms with E-state index in [0.717, 1.165) is 17.8 Å². The molecule has 22 heavy (non-hydrogen) atoms. The molecule has 0 heterocycles. The topological polar surface area (TPSA) is 58.4 Å². The van der Waals surface area contributed by atoms with Crippen LogP contribution in [0.15, 0.2) is 48.5 Å². The van der Waals surface area contributed by atoms with Crippen LogP contribution in [0.1, 0.15) is 17.5 Å². The number of hydrogen-bond donors (Lipinski definition) is 2. The van der Waals surface area contributed by atoms with Gasteiger partial charge in [-0.05, 0) is 37.2 Å². The highest BCUT2D eigenvalue weighted by molar-refractivity contribution is 5.92. The number of nitrogens with one attached hydrogen (secondary N) is 1. The number of carbonyl (C=O) groups excluding carboxylic acids is 1. The number of nitrogen functional groups attached to an aromatic ring is 1. The standard InChI is InChI=1S/C18H23N3O/c1-14-8-9-16(19)12-17(14)20-18(22)10-11-21(2)13-15-6-4-3-5-7-15/h3-9,12H,10-11,13,19H2,1-2H3,(H,20,22). The Balaban J connectivity index is 1.81. The highest BCUT2D eigenvalue weighted by Gasteiger charge is 2.07. The quantitative estimate of drug-likeness (QED) is 0.806. The van der Waals surface area contributed by atoms with Crippen LogP contribution in [-0.4, -0.2) is 24.4 Å². The molecule has 0 fully saturated rings. The Morgan fingerprint density at radius 1 is 1.18 bits per heavy atom. The molecule has 0 spiro atoms. The van der Waals surface area contributed by atoms with Gasteiger partial charge < -0.3 is 16.0 Å². The number of aryl methyl sites for hydroxylation is 1. The number of rotatable bonds is 6. The Labute approximate surface area is 131 Å². The molecular formula is C18H23N3O. The summed E-state index contributed by atoms with van der Waals surface area (Å²) in [6.45, 7) is 3.50. The van der Waals surface area contributed by atoms with Gasteiger partial charge in [0.05, 0.1) is 0 Å². The van der Waals surface area contributed by atoms with Crippen molar-refractivity contribution in [1.82, 2.24) is 4.90 Å². The van der Waals surface area contributed by atoms with Crippen molar-refractivity contribution in [1.29, 1.82) is 0 Å². The fourth-order valence-electron chi connectivity index (χ4n) is 2.25. The molecular weight excluding hydrogens is 274 g/mol. The first-order valence-corrected chi connectivity index (χ1v) is 7.43. The largest absolute Gasteiger partial charge is 0.399 e. The van der Waals surface area contributed by atoms with Crippen LogP contribution >= 0.6 is 0 Å². The van der Waals surface area contributed by atoms with Gasteiger partial charge in [-0.3, -0.25) is 4.79 Å². The normalized spacial score (nSPS) is 10.7. The van der Waals surface area contributed by atoms with Gasteiger partial charge in [0, 0.05) is 30.9 Å². The number of anilines is 2. The van der Waals surface area contributed by atoms with E-state index in [-0.39, 0.29) is 5.91 Å². The fourth-order valence-corrected chi connectivity index (χ4v) is 2.25. The number of benzene rings is 2.